The molecule has 0 heterocycles. The van der Waals surface area contributed by atoms with E-state index in [-0.39, 0.29) is 84.9 Å². The summed E-state index contributed by atoms with van der Waals surface area (Å²) >= 11 is 0. The van der Waals surface area contributed by atoms with E-state index in [1.165, 1.54) is 0 Å². The van der Waals surface area contributed by atoms with E-state index in [1.807, 2.05) is 0 Å². The molecule has 0 atom stereocenters. The Kier molecular flexibility index (Phi) is 147. The summed E-state index contributed by atoms with van der Waals surface area (Å²) in [4.78, 5) is 0. The first-order chi connectivity index (χ1) is 0. The van der Waals surface area contributed by atoms with Gasteiger partial charge in [-0.15, -0.1) is 0 Å². The minimum Gasteiger partial charge on any atom is -1.00 e. The van der Waals surface area contributed by atoms with E-state index in [9.17, 15) is 0 Å². The molecule has 0 aliphatic rings. The maximum atomic E-state index is 0. The van der Waals surface area contributed by atoms with Gasteiger partial charge < -0.3 is 39.4 Å². The molecule has 0 saturated carbocycles. The van der Waals surface area contributed by atoms with Crippen molar-refractivity contribution in [3.63, 3.8) is 0 Å². The zero-order valence-corrected chi connectivity index (χ0v) is 8.61. The standard InChI is InChI=1S/2BrH.H2O.Sr/h2*1H;1H2;/q;;;+2/p-2. The van der Waals surface area contributed by atoms with Gasteiger partial charge in [-0.1, -0.05) is 0 Å². The normalized spacial score (nSPS) is 0. The zero-order chi connectivity index (χ0) is 0. The summed E-state index contributed by atoms with van der Waals surface area (Å²) < 4.78 is 0. The van der Waals surface area contributed by atoms with Crippen LogP contribution in [0.25, 0.3) is 0 Å². The largest absolute Gasteiger partial charge is 2.00 e. The van der Waals surface area contributed by atoms with Crippen LogP contribution in [0.4, 0.5) is 0 Å². The third-order valence-electron chi connectivity index (χ3n) is 0. The fourth-order valence-corrected chi connectivity index (χ4v) is 0. The summed E-state index contributed by atoms with van der Waals surface area (Å²) in [6.07, 6.45) is 0. The van der Waals surface area contributed by atoms with Crippen LogP contribution >= 0.6 is 0 Å². The third kappa shape index (κ3) is 8.83. The molecule has 0 unspecified atom stereocenters. The first-order valence-corrected chi connectivity index (χ1v) is 0. The van der Waals surface area contributed by atoms with Gasteiger partial charge in [0.25, 0.3) is 0 Å². The number of hydrogen-bond donors (Lipinski definition) is 0. The van der Waals surface area contributed by atoms with Gasteiger partial charge in [0.15, 0.2) is 0 Å². The number of halogens is 2. The Morgan fingerprint density at radius 2 is 0.750 bits per heavy atom. The summed E-state index contributed by atoms with van der Waals surface area (Å²) in [5.41, 5.74) is 0. The second kappa shape index (κ2) is 18.1. The summed E-state index contributed by atoms with van der Waals surface area (Å²) in [7, 11) is 0. The van der Waals surface area contributed by atoms with Crippen molar-refractivity contribution in [3.8, 4) is 0 Å². The molecular formula is H2Br2OSr. The molecular weight excluding hydrogens is 263 g/mol. The van der Waals surface area contributed by atoms with Gasteiger partial charge >= 0.3 is 45.5 Å². The van der Waals surface area contributed by atoms with Crippen LogP contribution in [-0.2, 0) is 0 Å². The Balaban J connectivity index is 0. The van der Waals surface area contributed by atoms with Gasteiger partial charge in [-0.25, -0.2) is 0 Å². The molecule has 0 spiro atoms. The molecule has 0 aliphatic carbocycles. The molecule has 0 aromatic heterocycles. The zero-order valence-electron chi connectivity index (χ0n) is 1.96. The Hall–Kier alpha value is 2.40. The van der Waals surface area contributed by atoms with Crippen LogP contribution in [0.5, 0.6) is 0 Å². The van der Waals surface area contributed by atoms with Gasteiger partial charge in [0, 0.05) is 0 Å². The van der Waals surface area contributed by atoms with Gasteiger partial charge in [0.2, 0.25) is 0 Å². The van der Waals surface area contributed by atoms with Crippen molar-refractivity contribution in [2.75, 3.05) is 0 Å². The molecule has 0 saturated heterocycles. The monoisotopic (exact) mass is 264 g/mol. The predicted octanol–water partition coefficient (Wildman–Crippen LogP) is -7.20. The van der Waals surface area contributed by atoms with E-state index < -0.39 is 0 Å². The summed E-state index contributed by atoms with van der Waals surface area (Å²) in [6, 6.07) is 0. The van der Waals surface area contributed by atoms with Gasteiger partial charge in [-0.2, -0.15) is 0 Å². The molecule has 4 heteroatoms. The van der Waals surface area contributed by atoms with Crippen molar-refractivity contribution < 1.29 is 39.4 Å². The Labute approximate surface area is 83.3 Å². The maximum Gasteiger partial charge on any atom is 2.00 e. The molecule has 0 amide bonds. The van der Waals surface area contributed by atoms with Crippen LogP contribution in [0.1, 0.15) is 0 Å². The molecule has 24 valence electrons. The maximum absolute atomic E-state index is 0. The van der Waals surface area contributed by atoms with E-state index >= 15 is 0 Å². The summed E-state index contributed by atoms with van der Waals surface area (Å²) in [6.45, 7) is 0. The van der Waals surface area contributed by atoms with E-state index in [4.69, 9.17) is 0 Å². The Morgan fingerprint density at radius 1 is 0.750 bits per heavy atom. The van der Waals surface area contributed by atoms with E-state index in [0.717, 1.165) is 0 Å². The molecule has 0 aliphatic heterocycles. The van der Waals surface area contributed by atoms with E-state index in [2.05, 4.69) is 0 Å². The van der Waals surface area contributed by atoms with Crippen LogP contribution in [0.2, 0.25) is 0 Å². The number of rotatable bonds is 0. The van der Waals surface area contributed by atoms with Crippen molar-refractivity contribution in [3.05, 3.63) is 0 Å². The second-order valence-electron chi connectivity index (χ2n) is 0. The van der Waals surface area contributed by atoms with E-state index in [1.54, 1.807) is 0 Å². The average molecular weight is 265 g/mol. The van der Waals surface area contributed by atoms with Gasteiger partial charge in [0.1, 0.15) is 0 Å². The van der Waals surface area contributed by atoms with Crippen LogP contribution < -0.4 is 34.0 Å². The molecule has 0 aromatic carbocycles. The van der Waals surface area contributed by atoms with Gasteiger partial charge in [-0.05, 0) is 0 Å². The molecule has 0 aromatic rings. The fourth-order valence-electron chi connectivity index (χ4n) is 0. The minimum atomic E-state index is 0. The van der Waals surface area contributed by atoms with Gasteiger partial charge in [0.05, 0.1) is 0 Å². The topological polar surface area (TPSA) is 31.5 Å². The predicted molar refractivity (Wildman–Crippen MR) is 9.37 cm³/mol. The van der Waals surface area contributed by atoms with Crippen LogP contribution in [0.15, 0.2) is 0 Å². The van der Waals surface area contributed by atoms with Crippen molar-refractivity contribution in [2.24, 2.45) is 0 Å². The SMILES string of the molecule is O.[Br-].[Br-].[Sr+2]. The Bertz CT molecular complexity index is 6.00. The quantitative estimate of drug-likeness (QED) is 0.390. The van der Waals surface area contributed by atoms with E-state index in [0.29, 0.717) is 0 Å². The van der Waals surface area contributed by atoms with Crippen LogP contribution in [0.3, 0.4) is 0 Å². The average Bonchev–Trinajstić information content (AvgIpc) is 0. The molecule has 0 rings (SSSR count). The molecule has 2 N–H and O–H groups in total. The summed E-state index contributed by atoms with van der Waals surface area (Å²) in [5, 5.41) is 0. The molecule has 0 radical (unpaired) electrons. The fraction of sp³-hybridized carbons (Fsp3) is 0. The molecule has 0 fully saturated rings. The molecule has 0 bridgehead atoms. The third-order valence-corrected chi connectivity index (χ3v) is 0. The number of hydrogen-bond acceptors (Lipinski definition) is 0. The molecule has 4 heavy (non-hydrogen) atoms. The van der Waals surface area contributed by atoms with Gasteiger partial charge in [-0.3, -0.25) is 0 Å². The molecule has 1 nitrogen and oxygen atoms in total. The van der Waals surface area contributed by atoms with Crippen LogP contribution in [-0.4, -0.2) is 51.0 Å². The first kappa shape index (κ1) is 32.4. The van der Waals surface area contributed by atoms with Crippen LogP contribution in [0, 0.1) is 0 Å². The van der Waals surface area contributed by atoms with Crippen molar-refractivity contribution >= 4 is 45.5 Å². The Morgan fingerprint density at radius 3 is 0.750 bits per heavy atom. The minimum absolute atomic E-state index is 0. The second-order valence-corrected chi connectivity index (χ2v) is 0. The smallest absolute Gasteiger partial charge is 1.00 e. The van der Waals surface area contributed by atoms with Crippen molar-refractivity contribution in [1.29, 1.82) is 0 Å². The van der Waals surface area contributed by atoms with Crippen molar-refractivity contribution in [2.45, 2.75) is 0 Å². The van der Waals surface area contributed by atoms with Crippen molar-refractivity contribution in [1.82, 2.24) is 0 Å². The summed E-state index contributed by atoms with van der Waals surface area (Å²) in [5.74, 6) is 0. The first-order valence-electron chi connectivity index (χ1n) is 0.